The quantitative estimate of drug-likeness (QED) is 0.505. The predicted octanol–water partition coefficient (Wildman–Crippen LogP) is 1.42. The zero-order valence-corrected chi connectivity index (χ0v) is 14.6. The van der Waals surface area contributed by atoms with Crippen LogP contribution in [0.2, 0.25) is 0 Å². The summed E-state index contributed by atoms with van der Waals surface area (Å²) < 4.78 is 13.4. The second-order valence-corrected chi connectivity index (χ2v) is 6.27. The van der Waals surface area contributed by atoms with Crippen molar-refractivity contribution in [3.05, 3.63) is 66.0 Å². The molecule has 3 amide bonds. The number of amides is 3. The number of hydrogen-bond acceptors (Lipinski definition) is 4. The smallest absolute Gasteiger partial charge is 0.257 e. The third kappa shape index (κ3) is 6.94. The van der Waals surface area contributed by atoms with Gasteiger partial charge >= 0.3 is 0 Å². The highest BCUT2D eigenvalue weighted by atomic mass is 32.2. The SMILES string of the molecule is O=C(Cc1ccccc1)NCC(=O)NNC(=O)CSc1ccccc1F. The van der Waals surface area contributed by atoms with Crippen LogP contribution in [0.4, 0.5) is 4.39 Å². The van der Waals surface area contributed by atoms with Crippen molar-refractivity contribution in [1.82, 2.24) is 16.2 Å². The van der Waals surface area contributed by atoms with Crippen molar-refractivity contribution in [3.8, 4) is 0 Å². The fourth-order valence-corrected chi connectivity index (χ4v) is 2.69. The molecule has 0 atom stereocenters. The standard InChI is InChI=1S/C18H18FN3O3S/c19-14-8-4-5-9-15(14)26-12-18(25)22-21-17(24)11-20-16(23)10-13-6-2-1-3-7-13/h1-9H,10-12H2,(H,20,23)(H,21,24)(H,22,25). The van der Waals surface area contributed by atoms with Gasteiger partial charge in [-0.1, -0.05) is 42.5 Å². The van der Waals surface area contributed by atoms with Gasteiger partial charge in [0, 0.05) is 4.90 Å². The first-order valence-electron chi connectivity index (χ1n) is 7.80. The molecule has 136 valence electrons. The second kappa shape index (κ2) is 10.2. The van der Waals surface area contributed by atoms with Gasteiger partial charge in [0.25, 0.3) is 5.91 Å². The highest BCUT2D eigenvalue weighted by Crippen LogP contribution is 2.20. The molecule has 0 aromatic heterocycles. The number of carbonyl (C=O) groups excluding carboxylic acids is 3. The first kappa shape index (κ1) is 19.5. The number of nitrogens with one attached hydrogen (secondary N) is 3. The van der Waals surface area contributed by atoms with Crippen molar-refractivity contribution in [2.45, 2.75) is 11.3 Å². The minimum atomic E-state index is -0.560. The fourth-order valence-electron chi connectivity index (χ4n) is 1.95. The molecule has 0 bridgehead atoms. The Morgan fingerprint density at radius 2 is 1.50 bits per heavy atom. The van der Waals surface area contributed by atoms with Crippen LogP contribution in [0.15, 0.2) is 59.5 Å². The zero-order chi connectivity index (χ0) is 18.8. The molecule has 0 aliphatic rings. The van der Waals surface area contributed by atoms with Gasteiger partial charge in [-0.2, -0.15) is 0 Å². The maximum absolute atomic E-state index is 13.4. The van der Waals surface area contributed by atoms with Gasteiger partial charge in [-0.15, -0.1) is 11.8 Å². The Balaban J connectivity index is 1.62. The van der Waals surface area contributed by atoms with E-state index in [4.69, 9.17) is 0 Å². The monoisotopic (exact) mass is 375 g/mol. The molecular weight excluding hydrogens is 357 g/mol. The second-order valence-electron chi connectivity index (χ2n) is 5.25. The minimum Gasteiger partial charge on any atom is -0.347 e. The number of hydrazine groups is 1. The van der Waals surface area contributed by atoms with Crippen molar-refractivity contribution >= 4 is 29.5 Å². The molecule has 0 saturated carbocycles. The van der Waals surface area contributed by atoms with Gasteiger partial charge in [0.2, 0.25) is 11.8 Å². The van der Waals surface area contributed by atoms with Crippen LogP contribution >= 0.6 is 11.8 Å². The number of benzene rings is 2. The van der Waals surface area contributed by atoms with Gasteiger partial charge in [0.15, 0.2) is 0 Å². The Bertz CT molecular complexity index is 771. The summed E-state index contributed by atoms with van der Waals surface area (Å²) >= 11 is 1.02. The molecule has 8 heteroatoms. The van der Waals surface area contributed by atoms with Crippen LogP contribution in [0.3, 0.4) is 0 Å². The molecule has 2 rings (SSSR count). The molecule has 0 spiro atoms. The predicted molar refractivity (Wildman–Crippen MR) is 96.6 cm³/mol. The minimum absolute atomic E-state index is 0.0540. The average Bonchev–Trinajstić information content (AvgIpc) is 2.65. The lowest BCUT2D eigenvalue weighted by Crippen LogP contribution is -2.47. The molecule has 2 aromatic carbocycles. The number of thioether (sulfide) groups is 1. The Hall–Kier alpha value is -2.87. The Morgan fingerprint density at radius 1 is 0.846 bits per heavy atom. The lowest BCUT2D eigenvalue weighted by atomic mass is 10.1. The Morgan fingerprint density at radius 3 is 2.23 bits per heavy atom. The number of rotatable bonds is 7. The lowest BCUT2D eigenvalue weighted by molar-refractivity contribution is -0.128. The Labute approximate surface area is 154 Å². The molecule has 0 heterocycles. The van der Waals surface area contributed by atoms with E-state index < -0.39 is 17.6 Å². The molecule has 0 unspecified atom stereocenters. The fraction of sp³-hybridized carbons (Fsp3) is 0.167. The van der Waals surface area contributed by atoms with Gasteiger partial charge in [-0.25, -0.2) is 4.39 Å². The van der Waals surface area contributed by atoms with E-state index in [1.54, 1.807) is 18.2 Å². The van der Waals surface area contributed by atoms with Crippen LogP contribution in [0.25, 0.3) is 0 Å². The molecule has 0 aliphatic heterocycles. The van der Waals surface area contributed by atoms with E-state index in [9.17, 15) is 18.8 Å². The molecule has 3 N–H and O–H groups in total. The highest BCUT2D eigenvalue weighted by molar-refractivity contribution is 8.00. The summed E-state index contributed by atoms with van der Waals surface area (Å²) in [5, 5.41) is 2.46. The molecule has 6 nitrogen and oxygen atoms in total. The summed E-state index contributed by atoms with van der Waals surface area (Å²) in [6.07, 6.45) is 0.166. The van der Waals surface area contributed by atoms with E-state index >= 15 is 0 Å². The largest absolute Gasteiger partial charge is 0.347 e. The summed E-state index contributed by atoms with van der Waals surface area (Å²) in [5.41, 5.74) is 5.24. The van der Waals surface area contributed by atoms with Gasteiger partial charge in [-0.3, -0.25) is 25.2 Å². The van der Waals surface area contributed by atoms with Crippen molar-refractivity contribution in [3.63, 3.8) is 0 Å². The molecular formula is C18H18FN3O3S. The van der Waals surface area contributed by atoms with Crippen molar-refractivity contribution < 1.29 is 18.8 Å². The summed E-state index contributed by atoms with van der Waals surface area (Å²) in [6.45, 7) is -0.258. The van der Waals surface area contributed by atoms with Crippen LogP contribution in [0, 0.1) is 5.82 Å². The third-order valence-corrected chi connectivity index (χ3v) is 4.24. The number of hydrogen-bond donors (Lipinski definition) is 3. The third-order valence-electron chi connectivity index (χ3n) is 3.19. The summed E-state index contributed by atoms with van der Waals surface area (Å²) in [7, 11) is 0. The van der Waals surface area contributed by atoms with E-state index in [-0.39, 0.29) is 24.6 Å². The summed E-state index contributed by atoms with van der Waals surface area (Å²) in [6, 6.07) is 15.2. The Kier molecular flexibility index (Phi) is 7.63. The maximum Gasteiger partial charge on any atom is 0.257 e. The molecule has 0 radical (unpaired) electrons. The van der Waals surface area contributed by atoms with Crippen LogP contribution in [0.1, 0.15) is 5.56 Å². The normalized spacial score (nSPS) is 10.0. The van der Waals surface area contributed by atoms with Crippen molar-refractivity contribution in [2.24, 2.45) is 0 Å². The summed E-state index contributed by atoms with van der Waals surface area (Å²) in [5.74, 6) is -1.80. The molecule has 26 heavy (non-hydrogen) atoms. The summed E-state index contributed by atoms with van der Waals surface area (Å²) in [4.78, 5) is 35.4. The van der Waals surface area contributed by atoms with Gasteiger partial charge in [0.1, 0.15) is 5.82 Å². The number of halogens is 1. The first-order valence-corrected chi connectivity index (χ1v) is 8.79. The van der Waals surface area contributed by atoms with E-state index in [1.165, 1.54) is 6.07 Å². The number of carbonyl (C=O) groups is 3. The van der Waals surface area contributed by atoms with E-state index in [2.05, 4.69) is 16.2 Å². The zero-order valence-electron chi connectivity index (χ0n) is 13.8. The topological polar surface area (TPSA) is 87.3 Å². The van der Waals surface area contributed by atoms with Crippen molar-refractivity contribution in [2.75, 3.05) is 12.3 Å². The van der Waals surface area contributed by atoms with Gasteiger partial charge in [-0.05, 0) is 17.7 Å². The molecule has 0 aliphatic carbocycles. The molecule has 2 aromatic rings. The molecule has 0 saturated heterocycles. The van der Waals surface area contributed by atoms with E-state index in [0.29, 0.717) is 4.90 Å². The van der Waals surface area contributed by atoms with Crippen molar-refractivity contribution in [1.29, 1.82) is 0 Å². The van der Waals surface area contributed by atoms with E-state index in [1.807, 2.05) is 30.3 Å². The maximum atomic E-state index is 13.4. The highest BCUT2D eigenvalue weighted by Gasteiger charge is 2.09. The van der Waals surface area contributed by atoms with Crippen LogP contribution in [-0.2, 0) is 20.8 Å². The lowest BCUT2D eigenvalue weighted by Gasteiger charge is -2.08. The van der Waals surface area contributed by atoms with Gasteiger partial charge < -0.3 is 5.32 Å². The first-order chi connectivity index (χ1) is 12.5. The van der Waals surface area contributed by atoms with Crippen LogP contribution in [0.5, 0.6) is 0 Å². The van der Waals surface area contributed by atoms with Gasteiger partial charge in [0.05, 0.1) is 18.7 Å². The van der Waals surface area contributed by atoms with Crippen LogP contribution < -0.4 is 16.2 Å². The molecule has 0 fully saturated rings. The van der Waals surface area contributed by atoms with Crippen LogP contribution in [-0.4, -0.2) is 30.0 Å². The average molecular weight is 375 g/mol. The van der Waals surface area contributed by atoms with E-state index in [0.717, 1.165) is 17.3 Å².